The van der Waals surface area contributed by atoms with Crippen LogP contribution >= 0.6 is 22.7 Å². The van der Waals surface area contributed by atoms with Crippen molar-refractivity contribution in [3.63, 3.8) is 0 Å². The van der Waals surface area contributed by atoms with Crippen LogP contribution in [0.3, 0.4) is 0 Å². The molecule has 0 N–H and O–H groups in total. The van der Waals surface area contributed by atoms with Crippen LogP contribution in [0.4, 0.5) is 34.1 Å². The van der Waals surface area contributed by atoms with Crippen LogP contribution in [0.5, 0.6) is 0 Å². The van der Waals surface area contributed by atoms with Crippen molar-refractivity contribution >= 4 is 131 Å². The van der Waals surface area contributed by atoms with Crippen LogP contribution in [0.2, 0.25) is 0 Å². The quantitative estimate of drug-likeness (QED) is 0.162. The number of anilines is 6. The van der Waals surface area contributed by atoms with E-state index in [2.05, 4.69) is 228 Å². The molecule has 0 atom stereocenters. The van der Waals surface area contributed by atoms with E-state index in [0.29, 0.717) is 5.56 Å². The van der Waals surface area contributed by atoms with E-state index in [0.717, 1.165) is 22.7 Å². The summed E-state index contributed by atoms with van der Waals surface area (Å²) in [5.74, 6) is 0. The number of rotatable bonds is 2. The number of nitriles is 1. The number of thiophene rings is 2. The van der Waals surface area contributed by atoms with Crippen LogP contribution in [0.15, 0.2) is 146 Å². The molecule has 14 rings (SSSR count). The Kier molecular flexibility index (Phi) is 8.39. The molecule has 0 saturated carbocycles. The van der Waals surface area contributed by atoms with E-state index < -0.39 is 0 Å². The standard InChI is InChI=1S/C63H51BN4S2/c1-61(2,3)38-23-24-46-42(29-38)43-30-39(62(4,5)6)32-50-57(43)66(46)51-33-40(63(7,8)9)31-45-59(51)68(50)49-27-35(34-65)26-48-56(49)64(45)60-58(44-28-37(22-25-53(44)70-60)36-16-11-10-12-17-36)67(48)47-19-15-21-54-55(47)41-18-13-14-20-52(41)69-54/h10-33H,1-9H3. The summed E-state index contributed by atoms with van der Waals surface area (Å²) in [5.41, 5.74) is 19.7. The number of hydrogen-bond donors (Lipinski definition) is 0. The summed E-state index contributed by atoms with van der Waals surface area (Å²) in [5, 5.41) is 17.5. The zero-order valence-electron chi connectivity index (χ0n) is 41.0. The van der Waals surface area contributed by atoms with Crippen molar-refractivity contribution in [2.45, 2.75) is 78.6 Å². The molecule has 0 aliphatic carbocycles. The van der Waals surface area contributed by atoms with E-state index >= 15 is 0 Å². The Bertz CT molecular complexity index is 4160. The minimum absolute atomic E-state index is 0.0203. The average molecular weight is 939 g/mol. The lowest BCUT2D eigenvalue weighted by Gasteiger charge is -2.46. The Morgan fingerprint density at radius 3 is 1.87 bits per heavy atom. The van der Waals surface area contributed by atoms with Gasteiger partial charge in [0.25, 0.3) is 6.71 Å². The summed E-state index contributed by atoms with van der Waals surface area (Å²) in [7, 11) is 0. The first kappa shape index (κ1) is 41.8. The zero-order valence-corrected chi connectivity index (χ0v) is 42.7. The topological polar surface area (TPSA) is 35.2 Å². The summed E-state index contributed by atoms with van der Waals surface area (Å²) in [6.45, 7) is 20.9. The highest BCUT2D eigenvalue weighted by Crippen LogP contribution is 2.56. The number of hydrogen-bond acceptors (Lipinski definition) is 5. The van der Waals surface area contributed by atoms with Gasteiger partial charge in [-0.1, -0.05) is 135 Å². The second-order valence-electron chi connectivity index (χ2n) is 22.9. The monoisotopic (exact) mass is 938 g/mol. The highest BCUT2D eigenvalue weighted by atomic mass is 32.1. The molecule has 8 aromatic carbocycles. The molecule has 0 saturated heterocycles. The molecular formula is C63H51BN4S2. The van der Waals surface area contributed by atoms with Crippen LogP contribution in [0, 0.1) is 11.3 Å². The van der Waals surface area contributed by atoms with E-state index in [9.17, 15) is 5.26 Å². The molecule has 0 amide bonds. The van der Waals surface area contributed by atoms with Crippen molar-refractivity contribution in [1.82, 2.24) is 4.57 Å². The number of fused-ring (bicyclic) bond motifs is 14. The smallest absolute Gasteiger partial charge is 0.264 e. The van der Waals surface area contributed by atoms with Gasteiger partial charge in [-0.25, -0.2) is 0 Å². The van der Waals surface area contributed by atoms with Crippen LogP contribution in [0.25, 0.3) is 68.9 Å². The van der Waals surface area contributed by atoms with Gasteiger partial charge in [-0.15, -0.1) is 22.7 Å². The molecule has 0 radical (unpaired) electrons. The lowest BCUT2D eigenvalue weighted by molar-refractivity contribution is 0.590. The maximum Gasteiger partial charge on any atom is 0.264 e. The average Bonchev–Trinajstić information content (AvgIpc) is 4.02. The van der Waals surface area contributed by atoms with Crippen molar-refractivity contribution in [1.29, 1.82) is 5.26 Å². The Labute approximate surface area is 417 Å². The number of nitrogens with zero attached hydrogens (tertiary/aromatic N) is 4. The summed E-state index contributed by atoms with van der Waals surface area (Å²) in [6, 6.07) is 57.8. The third kappa shape index (κ3) is 5.69. The predicted octanol–water partition coefficient (Wildman–Crippen LogP) is 16.2. The second kappa shape index (κ2) is 14.0. The summed E-state index contributed by atoms with van der Waals surface area (Å²) < 4.78 is 7.70. The normalized spacial score (nSPS) is 14.0. The van der Waals surface area contributed by atoms with Gasteiger partial charge < -0.3 is 14.4 Å². The first-order chi connectivity index (χ1) is 33.6. The molecule has 3 aliphatic rings. The highest BCUT2D eigenvalue weighted by molar-refractivity contribution is 7.33. The molecule has 6 heterocycles. The lowest BCUT2D eigenvalue weighted by Crippen LogP contribution is -2.61. The van der Waals surface area contributed by atoms with Gasteiger partial charge in [-0.3, -0.25) is 0 Å². The van der Waals surface area contributed by atoms with Crippen molar-refractivity contribution in [3.05, 3.63) is 168 Å². The molecule has 0 spiro atoms. The third-order valence-electron chi connectivity index (χ3n) is 15.5. The SMILES string of the molecule is CC(C)(C)c1cc2c3c(c1)-n1c4ccc(C(C)(C)C)cc4c4cc(C(C)(C)C)cc(c41)N3c1cc(C#N)cc3c1B2c1sc2ccc(-c4ccccc4)cc2c1N3c1cccc2sc3ccccc3c12. The molecule has 7 heteroatoms. The summed E-state index contributed by atoms with van der Waals surface area (Å²) >= 11 is 3.79. The van der Waals surface area contributed by atoms with Crippen molar-refractivity contribution < 1.29 is 0 Å². The lowest BCUT2D eigenvalue weighted by atomic mass is 9.35. The van der Waals surface area contributed by atoms with Gasteiger partial charge in [-0.05, 0) is 128 Å². The van der Waals surface area contributed by atoms with Gasteiger partial charge in [0, 0.05) is 57.2 Å². The molecular weight excluding hydrogens is 888 g/mol. The summed E-state index contributed by atoms with van der Waals surface area (Å²) in [6.07, 6.45) is 0. The molecule has 0 bridgehead atoms. The third-order valence-corrected chi connectivity index (χ3v) is 17.9. The van der Waals surface area contributed by atoms with E-state index in [1.54, 1.807) is 0 Å². The molecule has 70 heavy (non-hydrogen) atoms. The molecule has 338 valence electrons. The van der Waals surface area contributed by atoms with Gasteiger partial charge in [0.2, 0.25) is 0 Å². The Balaban J connectivity index is 1.18. The van der Waals surface area contributed by atoms with E-state index in [1.165, 1.54) is 113 Å². The maximum atomic E-state index is 11.3. The number of aromatic nitrogens is 1. The first-order valence-corrected chi connectivity index (χ1v) is 26.2. The Morgan fingerprint density at radius 2 is 1.13 bits per heavy atom. The zero-order chi connectivity index (χ0) is 47.9. The number of benzene rings is 8. The molecule has 11 aromatic rings. The Hall–Kier alpha value is -7.11. The van der Waals surface area contributed by atoms with Crippen LogP contribution in [0.1, 0.15) is 84.6 Å². The van der Waals surface area contributed by atoms with Crippen LogP contribution in [-0.4, -0.2) is 11.3 Å². The molecule has 4 nitrogen and oxygen atoms in total. The molecule has 0 unspecified atom stereocenters. The molecule has 0 fully saturated rings. The van der Waals surface area contributed by atoms with Gasteiger partial charge in [0.1, 0.15) is 0 Å². The Morgan fingerprint density at radius 1 is 0.471 bits per heavy atom. The van der Waals surface area contributed by atoms with Gasteiger partial charge in [0.05, 0.1) is 51.1 Å². The van der Waals surface area contributed by atoms with Crippen molar-refractivity contribution in [2.75, 3.05) is 9.80 Å². The summed E-state index contributed by atoms with van der Waals surface area (Å²) in [4.78, 5) is 5.15. The largest absolute Gasteiger partial charge is 0.309 e. The van der Waals surface area contributed by atoms with E-state index in [4.69, 9.17) is 0 Å². The highest BCUT2D eigenvalue weighted by Gasteiger charge is 2.49. The molecule has 3 aromatic heterocycles. The fraction of sp³-hybridized carbons (Fsp3) is 0.190. The van der Waals surface area contributed by atoms with Gasteiger partial charge in [-0.2, -0.15) is 5.26 Å². The van der Waals surface area contributed by atoms with Gasteiger partial charge in [0.15, 0.2) is 0 Å². The van der Waals surface area contributed by atoms with E-state index in [-0.39, 0.29) is 23.0 Å². The van der Waals surface area contributed by atoms with Crippen molar-refractivity contribution in [3.8, 4) is 22.9 Å². The fourth-order valence-electron chi connectivity index (χ4n) is 12.0. The van der Waals surface area contributed by atoms with E-state index in [1.807, 2.05) is 22.7 Å². The van der Waals surface area contributed by atoms with Crippen LogP contribution < -0.4 is 25.5 Å². The maximum absolute atomic E-state index is 11.3. The van der Waals surface area contributed by atoms with Crippen LogP contribution in [-0.2, 0) is 16.2 Å². The second-order valence-corrected chi connectivity index (χ2v) is 25.1. The fourth-order valence-corrected chi connectivity index (χ4v) is 14.4. The minimum Gasteiger partial charge on any atom is -0.309 e. The predicted molar refractivity (Wildman–Crippen MR) is 303 cm³/mol. The first-order valence-electron chi connectivity index (χ1n) is 24.6. The minimum atomic E-state index is -0.147. The van der Waals surface area contributed by atoms with Crippen molar-refractivity contribution in [2.24, 2.45) is 0 Å². The van der Waals surface area contributed by atoms with Gasteiger partial charge >= 0.3 is 0 Å². The molecule has 3 aliphatic heterocycles.